The van der Waals surface area contributed by atoms with Crippen molar-refractivity contribution in [2.24, 2.45) is 5.41 Å². The van der Waals surface area contributed by atoms with E-state index >= 15 is 0 Å². The number of carbonyl (C=O) groups excluding carboxylic acids is 1. The molecule has 18 heavy (non-hydrogen) atoms. The van der Waals surface area contributed by atoms with Crippen LogP contribution in [0.5, 0.6) is 5.75 Å². The molecular formula is C15H19ClO2. The molecule has 0 heterocycles. The Labute approximate surface area is 114 Å². The second-order valence-electron chi connectivity index (χ2n) is 4.91. The minimum Gasteiger partial charge on any atom is -0.426 e. The van der Waals surface area contributed by atoms with Crippen molar-refractivity contribution in [3.8, 4) is 5.75 Å². The van der Waals surface area contributed by atoms with Crippen LogP contribution < -0.4 is 4.74 Å². The normalized spacial score (nSPS) is 11.1. The second kappa shape index (κ2) is 6.60. The Kier molecular flexibility index (Phi) is 5.42. The highest BCUT2D eigenvalue weighted by Gasteiger charge is 2.29. The van der Waals surface area contributed by atoms with E-state index in [-0.39, 0.29) is 5.97 Å². The fourth-order valence-electron chi connectivity index (χ4n) is 1.57. The summed E-state index contributed by atoms with van der Waals surface area (Å²) >= 11 is 5.84. The molecule has 0 saturated carbocycles. The Balaban J connectivity index is 2.60. The first-order valence-corrected chi connectivity index (χ1v) is 6.42. The van der Waals surface area contributed by atoms with Gasteiger partial charge in [0.25, 0.3) is 0 Å². The summed E-state index contributed by atoms with van der Waals surface area (Å²) in [4.78, 5) is 12.0. The van der Waals surface area contributed by atoms with Crippen LogP contribution in [0.25, 0.3) is 0 Å². The molecule has 0 bridgehead atoms. The summed E-state index contributed by atoms with van der Waals surface area (Å²) in [5.74, 6) is 0.262. The molecule has 1 rings (SSSR count). The monoisotopic (exact) mass is 266 g/mol. The lowest BCUT2D eigenvalue weighted by Crippen LogP contribution is -2.28. The van der Waals surface area contributed by atoms with Crippen molar-refractivity contribution >= 4 is 17.6 Å². The van der Waals surface area contributed by atoms with Crippen molar-refractivity contribution in [1.29, 1.82) is 0 Å². The summed E-state index contributed by atoms with van der Waals surface area (Å²) in [6, 6.07) is 6.87. The average Bonchev–Trinajstić information content (AvgIpc) is 2.29. The Bertz CT molecular complexity index is 424. The topological polar surface area (TPSA) is 26.3 Å². The van der Waals surface area contributed by atoms with E-state index < -0.39 is 5.41 Å². The van der Waals surface area contributed by atoms with Gasteiger partial charge in [-0.25, -0.2) is 0 Å². The van der Waals surface area contributed by atoms with Crippen molar-refractivity contribution in [3.63, 3.8) is 0 Å². The molecule has 2 nitrogen and oxygen atoms in total. The predicted octanol–water partition coefficient (Wildman–Crippen LogP) is 4.63. The van der Waals surface area contributed by atoms with E-state index in [0.717, 1.165) is 19.3 Å². The Morgan fingerprint density at radius 1 is 1.50 bits per heavy atom. The van der Waals surface area contributed by atoms with Crippen LogP contribution in [0.15, 0.2) is 36.9 Å². The molecule has 0 fully saturated rings. The van der Waals surface area contributed by atoms with Crippen LogP contribution >= 0.6 is 11.6 Å². The number of ether oxygens (including phenoxy) is 1. The van der Waals surface area contributed by atoms with E-state index in [9.17, 15) is 4.79 Å². The third kappa shape index (κ3) is 4.53. The van der Waals surface area contributed by atoms with Gasteiger partial charge in [-0.2, -0.15) is 0 Å². The van der Waals surface area contributed by atoms with E-state index in [2.05, 4.69) is 6.58 Å². The van der Waals surface area contributed by atoms with Gasteiger partial charge in [-0.3, -0.25) is 4.79 Å². The molecule has 98 valence electrons. The largest absolute Gasteiger partial charge is 0.426 e. The van der Waals surface area contributed by atoms with Crippen LogP contribution in [0.1, 0.15) is 33.1 Å². The summed E-state index contributed by atoms with van der Waals surface area (Å²) in [5.41, 5.74) is -0.495. The van der Waals surface area contributed by atoms with E-state index in [0.29, 0.717) is 10.8 Å². The zero-order valence-electron chi connectivity index (χ0n) is 10.9. The first kappa shape index (κ1) is 14.8. The summed E-state index contributed by atoms with van der Waals surface area (Å²) in [6.45, 7) is 7.46. The van der Waals surface area contributed by atoms with Crippen LogP contribution in [0, 0.1) is 5.41 Å². The van der Waals surface area contributed by atoms with Gasteiger partial charge in [0.15, 0.2) is 0 Å². The third-order valence-electron chi connectivity index (χ3n) is 2.77. The van der Waals surface area contributed by atoms with Gasteiger partial charge >= 0.3 is 5.97 Å². The Morgan fingerprint density at radius 3 is 2.83 bits per heavy atom. The van der Waals surface area contributed by atoms with Gasteiger partial charge in [0, 0.05) is 5.02 Å². The van der Waals surface area contributed by atoms with Crippen LogP contribution in [-0.2, 0) is 4.79 Å². The van der Waals surface area contributed by atoms with Crippen molar-refractivity contribution in [3.05, 3.63) is 41.9 Å². The summed E-state index contributed by atoms with van der Waals surface area (Å²) in [7, 11) is 0. The molecule has 0 unspecified atom stereocenters. The van der Waals surface area contributed by atoms with Crippen LogP contribution in [0.2, 0.25) is 5.02 Å². The summed E-state index contributed by atoms with van der Waals surface area (Å²) in [6.07, 6.45) is 4.48. The molecule has 1 aromatic rings. The van der Waals surface area contributed by atoms with E-state index in [1.165, 1.54) is 0 Å². The third-order valence-corrected chi connectivity index (χ3v) is 3.00. The maximum absolute atomic E-state index is 12.0. The maximum Gasteiger partial charge on any atom is 0.316 e. The average molecular weight is 267 g/mol. The van der Waals surface area contributed by atoms with Gasteiger partial charge in [0.1, 0.15) is 5.75 Å². The molecule has 0 saturated heterocycles. The fraction of sp³-hybridized carbons (Fsp3) is 0.400. The minimum atomic E-state index is -0.495. The van der Waals surface area contributed by atoms with Crippen molar-refractivity contribution in [1.82, 2.24) is 0 Å². The van der Waals surface area contributed by atoms with Crippen molar-refractivity contribution in [2.45, 2.75) is 33.1 Å². The second-order valence-corrected chi connectivity index (χ2v) is 5.35. The SMILES string of the molecule is C=CCCCC(C)(C)C(=O)Oc1cccc(Cl)c1. The van der Waals surface area contributed by atoms with E-state index in [1.807, 2.05) is 19.9 Å². The number of esters is 1. The number of carbonyl (C=O) groups is 1. The maximum atomic E-state index is 12.0. The first-order valence-electron chi connectivity index (χ1n) is 6.04. The molecule has 0 amide bonds. The quantitative estimate of drug-likeness (QED) is 0.325. The number of benzene rings is 1. The molecular weight excluding hydrogens is 248 g/mol. The number of hydrogen-bond donors (Lipinski definition) is 0. The van der Waals surface area contributed by atoms with E-state index in [4.69, 9.17) is 16.3 Å². The molecule has 0 radical (unpaired) electrons. The summed E-state index contributed by atoms with van der Waals surface area (Å²) < 4.78 is 5.34. The van der Waals surface area contributed by atoms with Crippen molar-refractivity contribution < 1.29 is 9.53 Å². The number of rotatable bonds is 6. The summed E-state index contributed by atoms with van der Waals surface area (Å²) in [5, 5.41) is 0.560. The minimum absolute atomic E-state index is 0.228. The number of allylic oxidation sites excluding steroid dienone is 1. The molecule has 0 N–H and O–H groups in total. The molecule has 3 heteroatoms. The predicted molar refractivity (Wildman–Crippen MR) is 74.9 cm³/mol. The van der Waals surface area contributed by atoms with E-state index in [1.54, 1.807) is 24.3 Å². The zero-order valence-corrected chi connectivity index (χ0v) is 11.7. The lowest BCUT2D eigenvalue weighted by molar-refractivity contribution is -0.144. The molecule has 0 aliphatic heterocycles. The number of unbranched alkanes of at least 4 members (excludes halogenated alkanes) is 1. The Morgan fingerprint density at radius 2 is 2.22 bits per heavy atom. The highest BCUT2D eigenvalue weighted by molar-refractivity contribution is 6.30. The zero-order chi connectivity index (χ0) is 13.6. The van der Waals surface area contributed by atoms with Gasteiger partial charge in [-0.05, 0) is 51.3 Å². The van der Waals surface area contributed by atoms with Crippen molar-refractivity contribution in [2.75, 3.05) is 0 Å². The molecule has 1 aromatic carbocycles. The van der Waals surface area contributed by atoms with Gasteiger partial charge in [-0.15, -0.1) is 6.58 Å². The molecule has 0 aliphatic rings. The van der Waals surface area contributed by atoms with Gasteiger partial charge in [-0.1, -0.05) is 23.7 Å². The molecule has 0 aliphatic carbocycles. The smallest absolute Gasteiger partial charge is 0.316 e. The van der Waals surface area contributed by atoms with Gasteiger partial charge in [0.05, 0.1) is 5.41 Å². The number of halogens is 1. The lowest BCUT2D eigenvalue weighted by Gasteiger charge is -2.22. The highest BCUT2D eigenvalue weighted by atomic mass is 35.5. The van der Waals surface area contributed by atoms with Gasteiger partial charge in [0.2, 0.25) is 0 Å². The molecule has 0 spiro atoms. The first-order chi connectivity index (χ1) is 8.45. The van der Waals surface area contributed by atoms with Crippen LogP contribution in [0.3, 0.4) is 0 Å². The van der Waals surface area contributed by atoms with Crippen LogP contribution in [-0.4, -0.2) is 5.97 Å². The lowest BCUT2D eigenvalue weighted by atomic mass is 9.87. The van der Waals surface area contributed by atoms with Gasteiger partial charge < -0.3 is 4.74 Å². The standard InChI is InChI=1S/C15H19ClO2/c1-4-5-6-10-15(2,3)14(17)18-13-9-7-8-12(16)11-13/h4,7-9,11H,1,5-6,10H2,2-3H3. The fourth-order valence-corrected chi connectivity index (χ4v) is 1.75. The van der Waals surface area contributed by atoms with Crippen LogP contribution in [0.4, 0.5) is 0 Å². The highest BCUT2D eigenvalue weighted by Crippen LogP contribution is 2.27. The number of hydrogen-bond acceptors (Lipinski definition) is 2. The Hall–Kier alpha value is -1.28. The molecule has 0 aromatic heterocycles. The molecule has 0 atom stereocenters.